The zero-order valence-electron chi connectivity index (χ0n) is 15.9. The van der Waals surface area contributed by atoms with Gasteiger partial charge in [0.2, 0.25) is 0 Å². The van der Waals surface area contributed by atoms with Crippen LogP contribution in [0.3, 0.4) is 0 Å². The van der Waals surface area contributed by atoms with Gasteiger partial charge in [-0.05, 0) is 60.7 Å². The molecule has 3 aromatic rings. The van der Waals surface area contributed by atoms with Crippen LogP contribution in [0.15, 0.2) is 64.6 Å². The fraction of sp³-hybridized carbons (Fsp3) is 0.318. The molecule has 3 heterocycles. The van der Waals surface area contributed by atoms with Gasteiger partial charge in [0.15, 0.2) is 12.3 Å². The predicted molar refractivity (Wildman–Crippen MR) is 113 cm³/mol. The molecule has 1 amide bonds. The second-order valence-electron chi connectivity index (χ2n) is 7.23. The molecule has 0 saturated carbocycles. The normalized spacial score (nSPS) is 14.9. The molecule has 0 aliphatic carbocycles. The summed E-state index contributed by atoms with van der Waals surface area (Å²) in [6.45, 7) is 4.14. The van der Waals surface area contributed by atoms with E-state index in [9.17, 15) is 4.79 Å². The number of benzene rings is 1. The number of anilines is 2. The van der Waals surface area contributed by atoms with Crippen molar-refractivity contribution in [1.82, 2.24) is 0 Å². The summed E-state index contributed by atoms with van der Waals surface area (Å²) in [7, 11) is 0. The molecule has 146 valence electrons. The van der Waals surface area contributed by atoms with E-state index in [4.69, 9.17) is 4.42 Å². The molecule has 1 atom stereocenters. The van der Waals surface area contributed by atoms with Crippen LogP contribution in [0.1, 0.15) is 23.5 Å². The molecule has 2 N–H and O–H groups in total. The Balaban J connectivity index is 1.36. The molecule has 1 aliphatic heterocycles. The smallest absolute Gasteiger partial charge is 0.279 e. The molecule has 1 saturated heterocycles. The average molecular weight is 397 g/mol. The van der Waals surface area contributed by atoms with E-state index >= 15 is 0 Å². The molecule has 6 heteroatoms. The Hall–Kier alpha value is -2.57. The highest BCUT2D eigenvalue weighted by atomic mass is 32.1. The molecule has 0 spiro atoms. The number of quaternary nitrogens is 1. The van der Waals surface area contributed by atoms with Gasteiger partial charge >= 0.3 is 0 Å². The SMILES string of the molecule is O=C(C[NH+](Cc1ccco1)Cc1cccs1)Nc1ccc(N2CCCC2)cc1. The first-order valence-corrected chi connectivity index (χ1v) is 10.7. The second kappa shape index (κ2) is 9.08. The topological polar surface area (TPSA) is 49.9 Å². The van der Waals surface area contributed by atoms with Crippen LogP contribution in [0.2, 0.25) is 0 Å². The zero-order valence-corrected chi connectivity index (χ0v) is 16.7. The maximum atomic E-state index is 12.7. The summed E-state index contributed by atoms with van der Waals surface area (Å²) in [5.74, 6) is 0.918. The highest BCUT2D eigenvalue weighted by molar-refractivity contribution is 7.09. The van der Waals surface area contributed by atoms with Crippen molar-refractivity contribution in [3.63, 3.8) is 0 Å². The number of thiophene rings is 1. The van der Waals surface area contributed by atoms with Crippen molar-refractivity contribution < 1.29 is 14.1 Å². The summed E-state index contributed by atoms with van der Waals surface area (Å²) in [6.07, 6.45) is 4.20. The minimum Gasteiger partial charge on any atom is -0.463 e. The summed E-state index contributed by atoms with van der Waals surface area (Å²) < 4.78 is 5.49. The molecule has 1 aromatic carbocycles. The highest BCUT2D eigenvalue weighted by Gasteiger charge is 2.18. The van der Waals surface area contributed by atoms with E-state index in [-0.39, 0.29) is 5.91 Å². The third-order valence-electron chi connectivity index (χ3n) is 5.04. The minimum absolute atomic E-state index is 0.0204. The van der Waals surface area contributed by atoms with E-state index in [1.54, 1.807) is 17.6 Å². The van der Waals surface area contributed by atoms with Crippen LogP contribution in [0.5, 0.6) is 0 Å². The molecule has 4 rings (SSSR count). The molecule has 0 bridgehead atoms. The number of furan rings is 1. The molecule has 5 nitrogen and oxygen atoms in total. The van der Waals surface area contributed by atoms with E-state index in [0.717, 1.165) is 36.0 Å². The van der Waals surface area contributed by atoms with Crippen LogP contribution in [0.4, 0.5) is 11.4 Å². The Bertz CT molecular complexity index is 818. The molecule has 1 unspecified atom stereocenters. The first-order chi connectivity index (χ1) is 13.8. The largest absolute Gasteiger partial charge is 0.463 e. The van der Waals surface area contributed by atoms with Crippen molar-refractivity contribution in [3.05, 3.63) is 70.8 Å². The molecule has 2 aromatic heterocycles. The van der Waals surface area contributed by atoms with Crippen LogP contribution < -0.4 is 15.1 Å². The number of amides is 1. The monoisotopic (exact) mass is 396 g/mol. The van der Waals surface area contributed by atoms with E-state index in [0.29, 0.717) is 13.1 Å². The fourth-order valence-electron chi connectivity index (χ4n) is 3.67. The van der Waals surface area contributed by atoms with Crippen molar-refractivity contribution >= 4 is 28.6 Å². The number of carbonyl (C=O) groups excluding carboxylic acids is 1. The number of hydrogen-bond acceptors (Lipinski definition) is 4. The number of hydrogen-bond donors (Lipinski definition) is 2. The van der Waals surface area contributed by atoms with Gasteiger partial charge in [0.25, 0.3) is 5.91 Å². The van der Waals surface area contributed by atoms with Crippen LogP contribution >= 0.6 is 11.3 Å². The van der Waals surface area contributed by atoms with Crippen LogP contribution in [0.25, 0.3) is 0 Å². The first kappa shape index (κ1) is 18.8. The van der Waals surface area contributed by atoms with Crippen molar-refractivity contribution in [1.29, 1.82) is 0 Å². The number of nitrogens with zero attached hydrogens (tertiary/aromatic N) is 1. The maximum absolute atomic E-state index is 12.7. The summed E-state index contributed by atoms with van der Waals surface area (Å²) in [5.41, 5.74) is 2.08. The molecule has 28 heavy (non-hydrogen) atoms. The Labute approximate surface area is 169 Å². The first-order valence-electron chi connectivity index (χ1n) is 9.79. The Morgan fingerprint density at radius 2 is 1.89 bits per heavy atom. The molecule has 1 fully saturated rings. The van der Waals surface area contributed by atoms with Gasteiger partial charge in [-0.1, -0.05) is 6.07 Å². The summed E-state index contributed by atoms with van der Waals surface area (Å²) >= 11 is 1.72. The van der Waals surface area contributed by atoms with E-state index < -0.39 is 0 Å². The molecule has 0 radical (unpaired) electrons. The van der Waals surface area contributed by atoms with Gasteiger partial charge in [-0.15, -0.1) is 11.3 Å². The van der Waals surface area contributed by atoms with Crippen LogP contribution in [0, 0.1) is 0 Å². The van der Waals surface area contributed by atoms with Crippen molar-refractivity contribution in [2.75, 3.05) is 29.9 Å². The van der Waals surface area contributed by atoms with E-state index in [1.165, 1.54) is 23.4 Å². The minimum atomic E-state index is 0.0204. The maximum Gasteiger partial charge on any atom is 0.279 e. The zero-order chi connectivity index (χ0) is 19.2. The van der Waals surface area contributed by atoms with Gasteiger partial charge in [0.1, 0.15) is 13.1 Å². The third kappa shape index (κ3) is 5.03. The lowest BCUT2D eigenvalue weighted by molar-refractivity contribution is -0.920. The van der Waals surface area contributed by atoms with Gasteiger partial charge in [0, 0.05) is 24.5 Å². The van der Waals surface area contributed by atoms with Gasteiger partial charge in [-0.25, -0.2) is 0 Å². The summed E-state index contributed by atoms with van der Waals surface area (Å²) in [4.78, 5) is 17.5. The highest BCUT2D eigenvalue weighted by Crippen LogP contribution is 2.21. The number of nitrogens with one attached hydrogen (secondary N) is 2. The van der Waals surface area contributed by atoms with Crippen molar-refractivity contribution in [2.24, 2.45) is 0 Å². The van der Waals surface area contributed by atoms with Gasteiger partial charge < -0.3 is 19.5 Å². The quantitative estimate of drug-likeness (QED) is 0.615. The van der Waals surface area contributed by atoms with Gasteiger partial charge in [-0.2, -0.15) is 0 Å². The number of rotatable bonds is 8. The van der Waals surface area contributed by atoms with Crippen molar-refractivity contribution in [2.45, 2.75) is 25.9 Å². The summed E-state index contributed by atoms with van der Waals surface area (Å²) in [6, 6.07) is 16.2. The van der Waals surface area contributed by atoms with Gasteiger partial charge in [-0.3, -0.25) is 4.79 Å². The number of carbonyl (C=O) groups is 1. The molecule has 1 aliphatic rings. The summed E-state index contributed by atoms with van der Waals surface area (Å²) in [5, 5.41) is 5.12. The Morgan fingerprint density at radius 1 is 1.07 bits per heavy atom. The third-order valence-corrected chi connectivity index (χ3v) is 5.92. The van der Waals surface area contributed by atoms with E-state index in [1.807, 2.05) is 30.3 Å². The van der Waals surface area contributed by atoms with Crippen molar-refractivity contribution in [3.8, 4) is 0 Å². The Kier molecular flexibility index (Phi) is 6.09. The second-order valence-corrected chi connectivity index (χ2v) is 8.26. The molecular formula is C22H26N3O2S+. The Morgan fingerprint density at radius 3 is 2.57 bits per heavy atom. The lowest BCUT2D eigenvalue weighted by atomic mass is 10.2. The predicted octanol–water partition coefficient (Wildman–Crippen LogP) is 3.17. The van der Waals surface area contributed by atoms with Crippen LogP contribution in [-0.2, 0) is 17.9 Å². The van der Waals surface area contributed by atoms with Crippen LogP contribution in [-0.4, -0.2) is 25.5 Å². The average Bonchev–Trinajstić information content (AvgIpc) is 3.46. The van der Waals surface area contributed by atoms with E-state index in [2.05, 4.69) is 33.8 Å². The fourth-order valence-corrected chi connectivity index (χ4v) is 4.45. The van der Waals surface area contributed by atoms with Gasteiger partial charge in [0.05, 0.1) is 11.1 Å². The lowest BCUT2D eigenvalue weighted by Gasteiger charge is -2.19. The lowest BCUT2D eigenvalue weighted by Crippen LogP contribution is -3.10. The molecular weight excluding hydrogens is 370 g/mol. The standard InChI is InChI=1S/C22H25N3O2S/c26-22(23-18-7-9-19(10-8-18)25-11-1-2-12-25)17-24(15-20-5-3-13-27-20)16-21-6-4-14-28-21/h3-10,13-14H,1-2,11-12,15-17H2,(H,23,26)/p+1.